The molecule has 0 heterocycles. The van der Waals surface area contributed by atoms with Gasteiger partial charge in [-0.05, 0) is 80.8 Å². The maximum Gasteiger partial charge on any atom is 0.159 e. The van der Waals surface area contributed by atoms with Crippen molar-refractivity contribution in [2.45, 2.75) is 115 Å². The number of carbonyl (C=O) groups is 1. The van der Waals surface area contributed by atoms with Gasteiger partial charge in [-0.2, -0.15) is 0 Å². The highest BCUT2D eigenvalue weighted by Crippen LogP contribution is 2.68. The quantitative estimate of drug-likeness (QED) is 0.352. The van der Waals surface area contributed by atoms with E-state index in [0.717, 1.165) is 0 Å². The summed E-state index contributed by atoms with van der Waals surface area (Å²) in [4.78, 5) is 13.3. The van der Waals surface area contributed by atoms with Crippen molar-refractivity contribution in [3.05, 3.63) is 11.6 Å². The third-order valence-corrected chi connectivity index (χ3v) is 10.5. The van der Waals surface area contributed by atoms with Crippen LogP contribution in [0.1, 0.15) is 79.6 Å². The highest BCUT2D eigenvalue weighted by atomic mass is 16.3. The molecular formula is C27H44O7. The van der Waals surface area contributed by atoms with Crippen LogP contribution >= 0.6 is 0 Å². The van der Waals surface area contributed by atoms with Crippen molar-refractivity contribution in [3.8, 4) is 0 Å². The van der Waals surface area contributed by atoms with Crippen molar-refractivity contribution in [1.82, 2.24) is 0 Å². The zero-order chi connectivity index (χ0) is 25.4. The van der Waals surface area contributed by atoms with Crippen LogP contribution in [-0.4, -0.2) is 72.0 Å². The van der Waals surface area contributed by atoms with Crippen LogP contribution in [0.4, 0.5) is 0 Å². The predicted molar refractivity (Wildman–Crippen MR) is 127 cm³/mol. The second-order valence-corrected chi connectivity index (χ2v) is 13.0. The summed E-state index contributed by atoms with van der Waals surface area (Å²) in [5.74, 6) is -1.41. The molecule has 0 saturated heterocycles. The number of rotatable bonds is 5. The van der Waals surface area contributed by atoms with Crippen LogP contribution in [-0.2, 0) is 4.79 Å². The number of ketones is 1. The van der Waals surface area contributed by atoms with Gasteiger partial charge in [0.2, 0.25) is 0 Å². The molecule has 4 aliphatic rings. The maximum atomic E-state index is 13.3. The van der Waals surface area contributed by atoms with Crippen molar-refractivity contribution < 1.29 is 35.4 Å². The van der Waals surface area contributed by atoms with Gasteiger partial charge in [0.15, 0.2) is 5.78 Å². The predicted octanol–water partition coefficient (Wildman–Crippen LogP) is 1.71. The van der Waals surface area contributed by atoms with Gasteiger partial charge in [-0.3, -0.25) is 4.79 Å². The highest BCUT2D eigenvalue weighted by molar-refractivity contribution is 5.95. The lowest BCUT2D eigenvalue weighted by molar-refractivity contribution is -0.185. The van der Waals surface area contributed by atoms with Crippen LogP contribution in [0.3, 0.4) is 0 Å². The van der Waals surface area contributed by atoms with E-state index >= 15 is 0 Å². The van der Waals surface area contributed by atoms with Crippen LogP contribution in [0.2, 0.25) is 0 Å². The fourth-order valence-corrected chi connectivity index (χ4v) is 8.43. The minimum Gasteiger partial charge on any atom is -0.393 e. The van der Waals surface area contributed by atoms with Gasteiger partial charge in [-0.1, -0.05) is 27.7 Å². The van der Waals surface area contributed by atoms with E-state index in [4.69, 9.17) is 0 Å². The zero-order valence-corrected chi connectivity index (χ0v) is 21.2. The van der Waals surface area contributed by atoms with Gasteiger partial charge in [-0.25, -0.2) is 0 Å². The summed E-state index contributed by atoms with van der Waals surface area (Å²) in [6.07, 6.45) is 0.532. The summed E-state index contributed by atoms with van der Waals surface area (Å²) in [6.45, 7) is 9.45. The van der Waals surface area contributed by atoms with Crippen LogP contribution < -0.4 is 0 Å². The molecule has 0 aromatic heterocycles. The van der Waals surface area contributed by atoms with Crippen LogP contribution in [0.15, 0.2) is 11.6 Å². The van der Waals surface area contributed by atoms with E-state index in [1.165, 1.54) is 6.08 Å². The second kappa shape index (κ2) is 8.35. The molecule has 0 aromatic rings. The molecule has 0 bridgehead atoms. The molecular weight excluding hydrogens is 436 g/mol. The van der Waals surface area contributed by atoms with Gasteiger partial charge >= 0.3 is 0 Å². The average Bonchev–Trinajstić information content (AvgIpc) is 3.00. The molecule has 3 fully saturated rings. The Bertz CT molecular complexity index is 852. The van der Waals surface area contributed by atoms with E-state index in [0.29, 0.717) is 31.3 Å². The minimum absolute atomic E-state index is 0.0839. The van der Waals surface area contributed by atoms with Crippen molar-refractivity contribution in [2.24, 2.45) is 34.5 Å². The first-order valence-corrected chi connectivity index (χ1v) is 13.0. The number of carbonyl (C=O) groups excluding carboxylic acids is 1. The normalized spacial score (nSPS) is 49.1. The molecule has 0 spiro atoms. The fourth-order valence-electron chi connectivity index (χ4n) is 8.43. The van der Waals surface area contributed by atoms with Crippen molar-refractivity contribution in [1.29, 1.82) is 0 Å². The monoisotopic (exact) mass is 480 g/mol. The van der Waals surface area contributed by atoms with E-state index in [2.05, 4.69) is 0 Å². The molecule has 4 rings (SSSR count). The molecule has 0 aliphatic heterocycles. The summed E-state index contributed by atoms with van der Waals surface area (Å²) in [5.41, 5.74) is -3.59. The second-order valence-electron chi connectivity index (χ2n) is 13.0. The summed E-state index contributed by atoms with van der Waals surface area (Å²) in [6, 6.07) is 0. The van der Waals surface area contributed by atoms with Gasteiger partial charge in [0.1, 0.15) is 0 Å². The van der Waals surface area contributed by atoms with Gasteiger partial charge in [0.25, 0.3) is 0 Å². The highest BCUT2D eigenvalue weighted by Gasteiger charge is 2.70. The van der Waals surface area contributed by atoms with Gasteiger partial charge in [0, 0.05) is 17.3 Å². The minimum atomic E-state index is -1.35. The number of hydrogen-bond acceptors (Lipinski definition) is 7. The number of allylic oxidation sites excluding steroid dienone is 1. The van der Waals surface area contributed by atoms with E-state index in [9.17, 15) is 35.4 Å². The Hall–Kier alpha value is -0.830. The van der Waals surface area contributed by atoms with Gasteiger partial charge < -0.3 is 30.6 Å². The largest absolute Gasteiger partial charge is 0.393 e. The van der Waals surface area contributed by atoms with Crippen LogP contribution in [0, 0.1) is 34.5 Å². The number of hydrogen-bond donors (Lipinski definition) is 6. The molecule has 1 unspecified atom stereocenters. The first-order chi connectivity index (χ1) is 15.6. The van der Waals surface area contributed by atoms with E-state index in [1.54, 1.807) is 6.92 Å². The summed E-state index contributed by atoms with van der Waals surface area (Å²) >= 11 is 0. The Kier molecular flexibility index (Phi) is 6.45. The van der Waals surface area contributed by atoms with E-state index < -0.39 is 58.3 Å². The van der Waals surface area contributed by atoms with E-state index in [-0.39, 0.29) is 36.9 Å². The van der Waals surface area contributed by atoms with Gasteiger partial charge in [0.05, 0.1) is 35.6 Å². The summed E-state index contributed by atoms with van der Waals surface area (Å²) in [5, 5.41) is 66.3. The van der Waals surface area contributed by atoms with Crippen molar-refractivity contribution in [3.63, 3.8) is 0 Å². The van der Waals surface area contributed by atoms with Crippen molar-refractivity contribution in [2.75, 3.05) is 0 Å². The molecule has 7 heteroatoms. The van der Waals surface area contributed by atoms with Gasteiger partial charge in [-0.15, -0.1) is 0 Å². The molecule has 0 radical (unpaired) electrons. The zero-order valence-electron chi connectivity index (χ0n) is 21.2. The Morgan fingerprint density at radius 1 is 1.12 bits per heavy atom. The molecule has 34 heavy (non-hydrogen) atoms. The Morgan fingerprint density at radius 2 is 1.76 bits per heavy atom. The first-order valence-electron chi connectivity index (χ1n) is 13.0. The fraction of sp³-hybridized carbons (Fsp3) is 0.889. The molecule has 4 aliphatic carbocycles. The topological polar surface area (TPSA) is 138 Å². The van der Waals surface area contributed by atoms with E-state index in [1.807, 2.05) is 27.7 Å². The SMILES string of the molecule is CC(C)C(O)CC[C@](C)(O)[C@H]1CC[C@@]2(O)C3=CC(=O)[C@@H]4C[C@@H](O)[C@@H](O)C[C@]4(C)[C@H]3[C@H](O)C[C@]12C. The lowest BCUT2D eigenvalue weighted by Crippen LogP contribution is -2.65. The van der Waals surface area contributed by atoms with Crippen LogP contribution in [0.5, 0.6) is 0 Å². The third kappa shape index (κ3) is 3.65. The summed E-state index contributed by atoms with van der Waals surface area (Å²) in [7, 11) is 0. The Morgan fingerprint density at radius 3 is 2.38 bits per heavy atom. The Balaban J connectivity index is 1.70. The van der Waals surface area contributed by atoms with Crippen LogP contribution in [0.25, 0.3) is 0 Å². The standard InChI is InChI=1S/C27H44O7/c1-14(2)17(28)6-8-26(5,33)22-7-9-27(34)16-11-18(29)15-10-19(30)20(31)12-24(15,3)23(16)21(32)13-25(22,27)4/h11,14-15,17,19-23,28,30-34H,6-10,12-13H2,1-5H3/t15-,17?,19+,20-,21+,22-,23+,24-,25+,26-,27+/m0/s1. The molecule has 7 nitrogen and oxygen atoms in total. The number of aliphatic hydroxyl groups is 6. The average molecular weight is 481 g/mol. The number of fused-ring (bicyclic) bond motifs is 5. The molecule has 6 N–H and O–H groups in total. The molecule has 3 saturated carbocycles. The molecule has 11 atom stereocenters. The third-order valence-electron chi connectivity index (χ3n) is 10.5. The van der Waals surface area contributed by atoms with Crippen molar-refractivity contribution >= 4 is 5.78 Å². The molecule has 0 aromatic carbocycles. The lowest BCUT2D eigenvalue weighted by atomic mass is 9.45. The lowest BCUT2D eigenvalue weighted by Gasteiger charge is -2.62. The summed E-state index contributed by atoms with van der Waals surface area (Å²) < 4.78 is 0. The maximum absolute atomic E-state index is 13.3. The Labute approximate surface area is 202 Å². The molecule has 0 amide bonds. The smallest absolute Gasteiger partial charge is 0.159 e. The number of aliphatic hydroxyl groups excluding tert-OH is 4. The molecule has 194 valence electrons. The first kappa shape index (κ1) is 26.2.